The van der Waals surface area contributed by atoms with E-state index in [2.05, 4.69) is 24.1 Å². The lowest BCUT2D eigenvalue weighted by Crippen LogP contribution is -2.47. The molecule has 7 heteroatoms. The van der Waals surface area contributed by atoms with Crippen LogP contribution in [0.25, 0.3) is 0 Å². The topological polar surface area (TPSA) is 41.6 Å². The first-order chi connectivity index (χ1) is 13.1. The molecule has 1 aliphatic rings. The van der Waals surface area contributed by atoms with E-state index in [0.29, 0.717) is 24.6 Å². The standard InChI is InChI=1S/C21H31F3N2O2/c1-15(2)9-12-28-16(3)20(27)25-19-7-10-26(11-8-19)14-17-5-4-6-18(13-17)21(22,23)24/h4-6,13,15-16,19H,7-12,14H2,1-3H3,(H,25,27). The molecule has 1 aromatic carbocycles. The second kappa shape index (κ2) is 10.3. The largest absolute Gasteiger partial charge is 0.416 e. The molecule has 1 heterocycles. The number of hydrogen-bond donors (Lipinski definition) is 1. The third-order valence-electron chi connectivity index (χ3n) is 5.03. The van der Waals surface area contributed by atoms with Crippen LogP contribution in [-0.4, -0.2) is 42.6 Å². The molecule has 28 heavy (non-hydrogen) atoms. The van der Waals surface area contributed by atoms with Gasteiger partial charge in [0, 0.05) is 32.3 Å². The van der Waals surface area contributed by atoms with Crippen LogP contribution in [0.3, 0.4) is 0 Å². The van der Waals surface area contributed by atoms with Crippen molar-refractivity contribution in [1.29, 1.82) is 0 Å². The van der Waals surface area contributed by atoms with E-state index in [1.54, 1.807) is 13.0 Å². The fourth-order valence-electron chi connectivity index (χ4n) is 3.21. The summed E-state index contributed by atoms with van der Waals surface area (Å²) >= 11 is 0. The van der Waals surface area contributed by atoms with E-state index >= 15 is 0 Å². The van der Waals surface area contributed by atoms with Crippen LogP contribution in [0.1, 0.15) is 51.2 Å². The Hall–Kier alpha value is -1.60. The fraction of sp³-hybridized carbons (Fsp3) is 0.667. The predicted molar refractivity (Wildman–Crippen MR) is 103 cm³/mol. The van der Waals surface area contributed by atoms with E-state index < -0.39 is 17.8 Å². The number of likely N-dealkylation sites (tertiary alicyclic amines) is 1. The normalized spacial score (nSPS) is 17.7. The van der Waals surface area contributed by atoms with Gasteiger partial charge in [-0.15, -0.1) is 0 Å². The first kappa shape index (κ1) is 22.7. The zero-order valence-corrected chi connectivity index (χ0v) is 16.9. The van der Waals surface area contributed by atoms with E-state index in [-0.39, 0.29) is 11.9 Å². The van der Waals surface area contributed by atoms with Gasteiger partial charge in [0.25, 0.3) is 0 Å². The molecular formula is C21H31F3N2O2. The molecule has 1 aliphatic heterocycles. The Bertz CT molecular complexity index is 626. The minimum atomic E-state index is -4.32. The van der Waals surface area contributed by atoms with Crippen molar-refractivity contribution in [2.24, 2.45) is 5.92 Å². The van der Waals surface area contributed by atoms with Crippen molar-refractivity contribution in [3.8, 4) is 0 Å². The number of carbonyl (C=O) groups excluding carboxylic acids is 1. The molecule has 1 aromatic rings. The average molecular weight is 400 g/mol. The predicted octanol–water partition coefficient (Wildman–Crippen LogP) is 4.24. The summed E-state index contributed by atoms with van der Waals surface area (Å²) in [6, 6.07) is 5.56. The lowest BCUT2D eigenvalue weighted by molar-refractivity contribution is -0.137. The minimum Gasteiger partial charge on any atom is -0.369 e. The first-order valence-electron chi connectivity index (χ1n) is 9.95. The van der Waals surface area contributed by atoms with Crippen LogP contribution in [0.15, 0.2) is 24.3 Å². The number of nitrogens with one attached hydrogen (secondary N) is 1. The summed E-state index contributed by atoms with van der Waals surface area (Å²) in [7, 11) is 0. The number of alkyl halides is 3. The Morgan fingerprint density at radius 1 is 1.25 bits per heavy atom. The molecule has 0 spiro atoms. The molecule has 158 valence electrons. The summed E-state index contributed by atoms with van der Waals surface area (Å²) in [5.74, 6) is 0.441. The summed E-state index contributed by atoms with van der Waals surface area (Å²) < 4.78 is 44.1. The van der Waals surface area contributed by atoms with Crippen molar-refractivity contribution in [3.63, 3.8) is 0 Å². The molecule has 1 amide bonds. The van der Waals surface area contributed by atoms with Crippen LogP contribution < -0.4 is 5.32 Å². The summed E-state index contributed by atoms with van der Waals surface area (Å²) in [5.41, 5.74) is 0.0445. The highest BCUT2D eigenvalue weighted by atomic mass is 19.4. The molecular weight excluding hydrogens is 369 g/mol. The van der Waals surface area contributed by atoms with Gasteiger partial charge in [-0.1, -0.05) is 32.0 Å². The summed E-state index contributed by atoms with van der Waals surface area (Å²) in [6.45, 7) is 8.52. The number of halogens is 3. The molecule has 1 saturated heterocycles. The number of ether oxygens (including phenoxy) is 1. The van der Waals surface area contributed by atoms with Crippen molar-refractivity contribution in [3.05, 3.63) is 35.4 Å². The van der Waals surface area contributed by atoms with E-state index in [0.717, 1.165) is 38.4 Å². The monoisotopic (exact) mass is 400 g/mol. The van der Waals surface area contributed by atoms with Crippen LogP contribution in [-0.2, 0) is 22.3 Å². The van der Waals surface area contributed by atoms with Gasteiger partial charge in [0.05, 0.1) is 5.56 Å². The van der Waals surface area contributed by atoms with Gasteiger partial charge in [0.2, 0.25) is 5.91 Å². The first-order valence-corrected chi connectivity index (χ1v) is 9.95. The molecule has 0 aromatic heterocycles. The van der Waals surface area contributed by atoms with Crippen molar-refractivity contribution >= 4 is 5.91 Å². The molecule has 1 fully saturated rings. The van der Waals surface area contributed by atoms with Gasteiger partial charge in [0.1, 0.15) is 6.10 Å². The maximum absolute atomic E-state index is 12.8. The number of carbonyl (C=O) groups is 1. The second-order valence-corrected chi connectivity index (χ2v) is 7.95. The van der Waals surface area contributed by atoms with Crippen LogP contribution in [0.2, 0.25) is 0 Å². The SMILES string of the molecule is CC(C)CCOC(C)C(=O)NC1CCN(Cc2cccc(C(F)(F)F)c2)CC1. The Labute approximate surface area is 165 Å². The minimum absolute atomic E-state index is 0.0846. The summed E-state index contributed by atoms with van der Waals surface area (Å²) in [4.78, 5) is 14.4. The Morgan fingerprint density at radius 2 is 1.93 bits per heavy atom. The molecule has 0 saturated carbocycles. The highest BCUT2D eigenvalue weighted by Crippen LogP contribution is 2.30. The van der Waals surface area contributed by atoms with Gasteiger partial charge in [0.15, 0.2) is 0 Å². The number of rotatable bonds is 8. The van der Waals surface area contributed by atoms with E-state index in [1.807, 2.05) is 0 Å². The van der Waals surface area contributed by atoms with Gasteiger partial charge < -0.3 is 10.1 Å². The molecule has 1 unspecified atom stereocenters. The number of nitrogens with zero attached hydrogens (tertiary/aromatic N) is 1. The van der Waals surface area contributed by atoms with Crippen LogP contribution >= 0.6 is 0 Å². The molecule has 1 N–H and O–H groups in total. The maximum atomic E-state index is 12.8. The van der Waals surface area contributed by atoms with Crippen LogP contribution in [0.5, 0.6) is 0 Å². The lowest BCUT2D eigenvalue weighted by Gasteiger charge is -2.33. The maximum Gasteiger partial charge on any atom is 0.416 e. The van der Waals surface area contributed by atoms with Crippen molar-refractivity contribution in [2.45, 2.75) is 64.9 Å². The number of piperidine rings is 1. The van der Waals surface area contributed by atoms with Crippen molar-refractivity contribution < 1.29 is 22.7 Å². The van der Waals surface area contributed by atoms with Crippen molar-refractivity contribution in [2.75, 3.05) is 19.7 Å². The molecule has 2 rings (SSSR count). The van der Waals surface area contributed by atoms with E-state index in [1.165, 1.54) is 12.1 Å². The molecule has 1 atom stereocenters. The van der Waals surface area contributed by atoms with Crippen LogP contribution in [0.4, 0.5) is 13.2 Å². The molecule has 4 nitrogen and oxygen atoms in total. The summed E-state index contributed by atoms with van der Waals surface area (Å²) in [6.07, 6.45) is -2.30. The van der Waals surface area contributed by atoms with Gasteiger partial charge >= 0.3 is 6.18 Å². The van der Waals surface area contributed by atoms with Gasteiger partial charge in [-0.2, -0.15) is 13.2 Å². The van der Waals surface area contributed by atoms with Crippen LogP contribution in [0, 0.1) is 5.92 Å². The van der Waals surface area contributed by atoms with Gasteiger partial charge in [-0.25, -0.2) is 0 Å². The Kier molecular flexibility index (Phi) is 8.31. The summed E-state index contributed by atoms with van der Waals surface area (Å²) in [5, 5.41) is 3.03. The zero-order valence-electron chi connectivity index (χ0n) is 16.9. The molecule has 0 bridgehead atoms. The average Bonchev–Trinajstić information content (AvgIpc) is 2.62. The lowest BCUT2D eigenvalue weighted by atomic mass is 10.0. The second-order valence-electron chi connectivity index (χ2n) is 7.95. The number of benzene rings is 1. The smallest absolute Gasteiger partial charge is 0.369 e. The zero-order chi connectivity index (χ0) is 20.7. The quantitative estimate of drug-likeness (QED) is 0.710. The van der Waals surface area contributed by atoms with Crippen molar-refractivity contribution in [1.82, 2.24) is 10.2 Å². The fourth-order valence-corrected chi connectivity index (χ4v) is 3.21. The van der Waals surface area contributed by atoms with E-state index in [9.17, 15) is 18.0 Å². The Morgan fingerprint density at radius 3 is 2.54 bits per heavy atom. The Balaban J connectivity index is 1.75. The number of hydrogen-bond acceptors (Lipinski definition) is 3. The van der Waals surface area contributed by atoms with Gasteiger partial charge in [-0.3, -0.25) is 9.69 Å². The highest BCUT2D eigenvalue weighted by Gasteiger charge is 2.30. The molecule has 0 aliphatic carbocycles. The van der Waals surface area contributed by atoms with Gasteiger partial charge in [-0.05, 0) is 43.7 Å². The molecule has 0 radical (unpaired) electrons. The third kappa shape index (κ3) is 7.43. The highest BCUT2D eigenvalue weighted by molar-refractivity contribution is 5.80. The third-order valence-corrected chi connectivity index (χ3v) is 5.03. The number of amides is 1. The van der Waals surface area contributed by atoms with E-state index in [4.69, 9.17) is 4.74 Å².